The van der Waals surface area contributed by atoms with Crippen LogP contribution >= 0.6 is 0 Å². The molecule has 0 unspecified atom stereocenters. The van der Waals surface area contributed by atoms with Crippen LogP contribution in [0.15, 0.2) is 54.6 Å². The normalized spacial score (nSPS) is 11.3. The first-order valence-corrected chi connectivity index (χ1v) is 7.64. The average molecular weight is 308 g/mol. The highest BCUT2D eigenvalue weighted by molar-refractivity contribution is 5.77. The molecule has 0 spiro atoms. The molecule has 4 heteroatoms. The van der Waals surface area contributed by atoms with E-state index < -0.39 is 0 Å². The zero-order valence-electron chi connectivity index (χ0n) is 13.2. The fourth-order valence-corrected chi connectivity index (χ4v) is 2.24. The van der Waals surface area contributed by atoms with E-state index in [1.54, 1.807) is 24.3 Å². The summed E-state index contributed by atoms with van der Waals surface area (Å²) in [6, 6.07) is 19.2. The van der Waals surface area contributed by atoms with Crippen molar-refractivity contribution in [1.29, 1.82) is 5.26 Å². The quantitative estimate of drug-likeness (QED) is 0.855. The van der Waals surface area contributed by atoms with E-state index in [4.69, 9.17) is 10.00 Å². The number of ether oxygens (including phenoxy) is 1. The highest BCUT2D eigenvalue weighted by Crippen LogP contribution is 2.16. The largest absolute Gasteiger partial charge is 0.482 e. The Bertz CT molecular complexity index is 677. The standard InChI is InChI=1S/C19H20N2O2/c1-15(11-12-16-7-3-2-4-8-16)21-19(22)14-23-18-10-6-5-9-17(18)13-20/h2-10,15H,11-12,14H2,1H3,(H,21,22)/t15-/m1/s1. The molecule has 0 heterocycles. The summed E-state index contributed by atoms with van der Waals surface area (Å²) in [5.41, 5.74) is 1.69. The van der Waals surface area contributed by atoms with E-state index in [2.05, 4.69) is 17.4 Å². The highest BCUT2D eigenvalue weighted by atomic mass is 16.5. The Morgan fingerprint density at radius 2 is 1.87 bits per heavy atom. The maximum Gasteiger partial charge on any atom is 0.258 e. The number of amides is 1. The lowest BCUT2D eigenvalue weighted by molar-refractivity contribution is -0.123. The third-order valence-electron chi connectivity index (χ3n) is 3.48. The number of carbonyl (C=O) groups excluding carboxylic acids is 1. The number of para-hydroxylation sites is 1. The van der Waals surface area contributed by atoms with Gasteiger partial charge in [-0.25, -0.2) is 0 Å². The molecule has 0 saturated carbocycles. The molecule has 0 aliphatic carbocycles. The van der Waals surface area contributed by atoms with Crippen LogP contribution in [0.25, 0.3) is 0 Å². The molecular weight excluding hydrogens is 288 g/mol. The second kappa shape index (κ2) is 8.60. The minimum Gasteiger partial charge on any atom is -0.482 e. The predicted molar refractivity (Wildman–Crippen MR) is 89.0 cm³/mol. The van der Waals surface area contributed by atoms with Crippen molar-refractivity contribution in [2.45, 2.75) is 25.8 Å². The second-order valence-corrected chi connectivity index (χ2v) is 5.39. The first kappa shape index (κ1) is 16.6. The van der Waals surface area contributed by atoms with Crippen molar-refractivity contribution >= 4 is 5.91 Å². The zero-order valence-corrected chi connectivity index (χ0v) is 13.2. The van der Waals surface area contributed by atoms with Gasteiger partial charge in [-0.05, 0) is 37.5 Å². The molecule has 0 aliphatic heterocycles. The number of carbonyl (C=O) groups is 1. The Hall–Kier alpha value is -2.80. The van der Waals surface area contributed by atoms with Gasteiger partial charge in [0.15, 0.2) is 6.61 Å². The lowest BCUT2D eigenvalue weighted by Crippen LogP contribution is -2.36. The summed E-state index contributed by atoms with van der Waals surface area (Å²) in [5, 5.41) is 11.9. The monoisotopic (exact) mass is 308 g/mol. The van der Waals surface area contributed by atoms with Crippen LogP contribution in [0.1, 0.15) is 24.5 Å². The minimum absolute atomic E-state index is 0.0671. The van der Waals surface area contributed by atoms with Crippen molar-refractivity contribution in [1.82, 2.24) is 5.32 Å². The summed E-state index contributed by atoms with van der Waals surface area (Å²) in [4.78, 5) is 11.9. The first-order valence-electron chi connectivity index (χ1n) is 7.64. The minimum atomic E-state index is -0.182. The number of rotatable bonds is 7. The molecule has 0 radical (unpaired) electrons. The summed E-state index contributed by atoms with van der Waals surface area (Å²) in [5.74, 6) is 0.250. The van der Waals surface area contributed by atoms with E-state index in [0.29, 0.717) is 11.3 Å². The smallest absolute Gasteiger partial charge is 0.258 e. The molecule has 0 aliphatic rings. The lowest BCUT2D eigenvalue weighted by Gasteiger charge is -2.14. The van der Waals surface area contributed by atoms with E-state index in [1.165, 1.54) is 5.56 Å². The van der Waals surface area contributed by atoms with Gasteiger partial charge in [0.05, 0.1) is 5.56 Å². The zero-order chi connectivity index (χ0) is 16.5. The van der Waals surface area contributed by atoms with Gasteiger partial charge in [-0.1, -0.05) is 42.5 Å². The van der Waals surface area contributed by atoms with Gasteiger partial charge in [-0.3, -0.25) is 4.79 Å². The van der Waals surface area contributed by atoms with E-state index in [9.17, 15) is 4.79 Å². The number of nitrogens with one attached hydrogen (secondary N) is 1. The molecule has 0 bridgehead atoms. The third-order valence-corrected chi connectivity index (χ3v) is 3.48. The maximum atomic E-state index is 11.9. The van der Waals surface area contributed by atoms with Crippen LogP contribution in [0.3, 0.4) is 0 Å². The average Bonchev–Trinajstić information content (AvgIpc) is 2.59. The molecule has 2 aromatic rings. The van der Waals surface area contributed by atoms with Crippen LogP contribution in [-0.4, -0.2) is 18.6 Å². The molecular formula is C19H20N2O2. The van der Waals surface area contributed by atoms with E-state index in [0.717, 1.165) is 12.8 Å². The van der Waals surface area contributed by atoms with Crippen molar-refractivity contribution in [3.05, 3.63) is 65.7 Å². The van der Waals surface area contributed by atoms with Crippen molar-refractivity contribution in [3.63, 3.8) is 0 Å². The number of hydrogen-bond acceptors (Lipinski definition) is 3. The van der Waals surface area contributed by atoms with Crippen LogP contribution in [0.2, 0.25) is 0 Å². The summed E-state index contributed by atoms with van der Waals surface area (Å²) in [7, 11) is 0. The van der Waals surface area contributed by atoms with Gasteiger partial charge in [0.2, 0.25) is 0 Å². The molecule has 23 heavy (non-hydrogen) atoms. The first-order chi connectivity index (χ1) is 11.2. The van der Waals surface area contributed by atoms with Crippen molar-refractivity contribution < 1.29 is 9.53 Å². The Balaban J connectivity index is 1.75. The number of aryl methyl sites for hydroxylation is 1. The molecule has 0 fully saturated rings. The van der Waals surface area contributed by atoms with Crippen molar-refractivity contribution in [2.24, 2.45) is 0 Å². The van der Waals surface area contributed by atoms with Crippen LogP contribution in [0.4, 0.5) is 0 Å². The van der Waals surface area contributed by atoms with Gasteiger partial charge >= 0.3 is 0 Å². The van der Waals surface area contributed by atoms with Crippen molar-refractivity contribution in [2.75, 3.05) is 6.61 Å². The number of hydrogen-bond donors (Lipinski definition) is 1. The molecule has 2 rings (SSSR count). The van der Waals surface area contributed by atoms with Crippen LogP contribution in [-0.2, 0) is 11.2 Å². The maximum absolute atomic E-state index is 11.9. The molecule has 0 aromatic heterocycles. The van der Waals surface area contributed by atoms with Gasteiger partial charge < -0.3 is 10.1 Å². The molecule has 1 atom stereocenters. The van der Waals surface area contributed by atoms with Gasteiger partial charge in [0, 0.05) is 6.04 Å². The van der Waals surface area contributed by atoms with Gasteiger partial charge in [-0.15, -0.1) is 0 Å². The molecule has 1 amide bonds. The van der Waals surface area contributed by atoms with Gasteiger partial charge in [0.1, 0.15) is 11.8 Å². The molecule has 4 nitrogen and oxygen atoms in total. The molecule has 118 valence electrons. The summed E-state index contributed by atoms with van der Waals surface area (Å²) < 4.78 is 5.42. The molecule has 1 N–H and O–H groups in total. The van der Waals surface area contributed by atoms with Crippen LogP contribution < -0.4 is 10.1 Å². The summed E-state index contributed by atoms with van der Waals surface area (Å²) in [6.07, 6.45) is 1.78. The van der Waals surface area contributed by atoms with Crippen LogP contribution in [0, 0.1) is 11.3 Å². The third kappa shape index (κ3) is 5.48. The summed E-state index contributed by atoms with van der Waals surface area (Å²) >= 11 is 0. The SMILES string of the molecule is C[C@H](CCc1ccccc1)NC(=O)COc1ccccc1C#N. The summed E-state index contributed by atoms with van der Waals surface area (Å²) in [6.45, 7) is 1.89. The predicted octanol–water partition coefficient (Wildman–Crippen LogP) is 3.07. The fourth-order valence-electron chi connectivity index (χ4n) is 2.24. The number of nitriles is 1. The van der Waals surface area contributed by atoms with Crippen molar-refractivity contribution in [3.8, 4) is 11.8 Å². The molecule has 2 aromatic carbocycles. The molecule has 0 saturated heterocycles. The van der Waals surface area contributed by atoms with Gasteiger partial charge in [0.25, 0.3) is 5.91 Å². The Morgan fingerprint density at radius 3 is 2.61 bits per heavy atom. The Morgan fingerprint density at radius 1 is 1.17 bits per heavy atom. The topological polar surface area (TPSA) is 62.1 Å². The Kier molecular flexibility index (Phi) is 6.19. The lowest BCUT2D eigenvalue weighted by atomic mass is 10.1. The second-order valence-electron chi connectivity index (χ2n) is 5.39. The van der Waals surface area contributed by atoms with Crippen LogP contribution in [0.5, 0.6) is 5.75 Å². The Labute approximate surface area is 136 Å². The highest BCUT2D eigenvalue weighted by Gasteiger charge is 2.09. The van der Waals surface area contributed by atoms with Gasteiger partial charge in [-0.2, -0.15) is 5.26 Å². The van der Waals surface area contributed by atoms with E-state index in [-0.39, 0.29) is 18.6 Å². The van der Waals surface area contributed by atoms with E-state index >= 15 is 0 Å². The number of nitrogens with zero attached hydrogens (tertiary/aromatic N) is 1. The number of benzene rings is 2. The van der Waals surface area contributed by atoms with E-state index in [1.807, 2.05) is 31.2 Å². The fraction of sp³-hybridized carbons (Fsp3) is 0.263.